The predicted octanol–water partition coefficient (Wildman–Crippen LogP) is 1.85. The van der Waals surface area contributed by atoms with Crippen LogP contribution < -0.4 is 16.0 Å². The Labute approximate surface area is 124 Å². The molecular formula is C15H22N6. The van der Waals surface area contributed by atoms with E-state index in [4.69, 9.17) is 0 Å². The molecule has 0 saturated carbocycles. The first kappa shape index (κ1) is 14.0. The highest BCUT2D eigenvalue weighted by Gasteiger charge is 2.21. The maximum Gasteiger partial charge on any atom is 0.226 e. The first-order valence-electron chi connectivity index (χ1n) is 7.40. The third-order valence-electron chi connectivity index (χ3n) is 3.91. The van der Waals surface area contributed by atoms with Gasteiger partial charge >= 0.3 is 0 Å². The van der Waals surface area contributed by atoms with Crippen molar-refractivity contribution in [3.63, 3.8) is 0 Å². The van der Waals surface area contributed by atoms with Crippen molar-refractivity contribution in [1.29, 1.82) is 0 Å². The molecule has 1 aliphatic heterocycles. The highest BCUT2D eigenvalue weighted by molar-refractivity contribution is 5.90. The van der Waals surface area contributed by atoms with Crippen molar-refractivity contribution in [2.75, 3.05) is 24.2 Å². The van der Waals surface area contributed by atoms with Gasteiger partial charge in [0, 0.05) is 31.4 Å². The van der Waals surface area contributed by atoms with Crippen LogP contribution in [-0.2, 0) is 0 Å². The molecule has 3 heterocycles. The maximum absolute atomic E-state index is 4.60. The Morgan fingerprint density at radius 2 is 2.05 bits per heavy atom. The van der Waals surface area contributed by atoms with Crippen molar-refractivity contribution >= 4 is 22.8 Å². The molecule has 6 nitrogen and oxygen atoms in total. The smallest absolute Gasteiger partial charge is 0.226 e. The summed E-state index contributed by atoms with van der Waals surface area (Å²) in [6, 6.07) is 2.96. The van der Waals surface area contributed by atoms with Crippen LogP contribution in [0.5, 0.6) is 0 Å². The summed E-state index contributed by atoms with van der Waals surface area (Å²) in [6.45, 7) is 7.19. The molecule has 0 unspecified atom stereocenters. The van der Waals surface area contributed by atoms with Crippen LogP contribution in [0.25, 0.3) is 11.0 Å². The Balaban J connectivity index is 2.00. The quantitative estimate of drug-likeness (QED) is 0.799. The van der Waals surface area contributed by atoms with E-state index in [0.29, 0.717) is 18.0 Å². The Morgan fingerprint density at radius 1 is 1.24 bits per heavy atom. The highest BCUT2D eigenvalue weighted by Crippen LogP contribution is 2.25. The van der Waals surface area contributed by atoms with Gasteiger partial charge in [-0.1, -0.05) is 0 Å². The Kier molecular flexibility index (Phi) is 3.63. The normalized spacial score (nSPS) is 21.7. The molecule has 3 rings (SSSR count). The van der Waals surface area contributed by atoms with Crippen molar-refractivity contribution in [3.05, 3.63) is 17.3 Å². The third-order valence-corrected chi connectivity index (χ3v) is 3.91. The molecule has 2 aromatic rings. The molecule has 1 fully saturated rings. The van der Waals surface area contributed by atoms with Crippen LogP contribution in [-0.4, -0.2) is 40.6 Å². The number of anilines is 2. The number of hydrogen-bond donors (Lipinski definition) is 3. The van der Waals surface area contributed by atoms with Gasteiger partial charge in [-0.2, -0.15) is 9.97 Å². The van der Waals surface area contributed by atoms with E-state index < -0.39 is 0 Å². The first-order chi connectivity index (χ1) is 10.1. The summed E-state index contributed by atoms with van der Waals surface area (Å²) < 4.78 is 0. The van der Waals surface area contributed by atoms with Gasteiger partial charge < -0.3 is 16.0 Å². The van der Waals surface area contributed by atoms with E-state index in [1.165, 1.54) is 0 Å². The lowest BCUT2D eigenvalue weighted by Gasteiger charge is -2.14. The van der Waals surface area contributed by atoms with Gasteiger partial charge in [-0.3, -0.25) is 0 Å². The Bertz CT molecular complexity index is 669. The van der Waals surface area contributed by atoms with Gasteiger partial charge in [-0.25, -0.2) is 4.98 Å². The second-order valence-corrected chi connectivity index (χ2v) is 5.81. The third kappa shape index (κ3) is 2.76. The number of fused-ring (bicyclic) bond motifs is 1. The molecule has 2 aromatic heterocycles. The lowest BCUT2D eigenvalue weighted by molar-refractivity contribution is 0.660. The number of rotatable bonds is 3. The van der Waals surface area contributed by atoms with E-state index in [1.54, 1.807) is 0 Å². The van der Waals surface area contributed by atoms with Gasteiger partial charge in [0.05, 0.1) is 5.39 Å². The molecule has 1 aliphatic rings. The number of nitrogens with zero attached hydrogens (tertiary/aromatic N) is 3. The average Bonchev–Trinajstić information content (AvgIpc) is 2.82. The Hall–Kier alpha value is -1.95. The fraction of sp³-hybridized carbons (Fsp3) is 0.533. The van der Waals surface area contributed by atoms with Gasteiger partial charge in [0.15, 0.2) is 5.65 Å². The zero-order chi connectivity index (χ0) is 15.0. The monoisotopic (exact) mass is 286 g/mol. The van der Waals surface area contributed by atoms with Crippen LogP contribution in [0.15, 0.2) is 6.07 Å². The molecule has 0 bridgehead atoms. The van der Waals surface area contributed by atoms with Crippen LogP contribution >= 0.6 is 0 Å². The molecule has 0 radical (unpaired) electrons. The summed E-state index contributed by atoms with van der Waals surface area (Å²) in [5, 5.41) is 11.0. The lowest BCUT2D eigenvalue weighted by atomic mass is 10.1. The SMILES string of the molecule is CNc1nc(N[C@H]2CN[C@H](C)C2)nc2nc(C)cc(C)c12. The molecule has 0 amide bonds. The fourth-order valence-corrected chi connectivity index (χ4v) is 2.95. The largest absolute Gasteiger partial charge is 0.372 e. The van der Waals surface area contributed by atoms with Gasteiger partial charge in [0.2, 0.25) is 5.95 Å². The van der Waals surface area contributed by atoms with Crippen molar-refractivity contribution in [1.82, 2.24) is 20.3 Å². The van der Waals surface area contributed by atoms with E-state index in [1.807, 2.05) is 14.0 Å². The highest BCUT2D eigenvalue weighted by atomic mass is 15.2. The summed E-state index contributed by atoms with van der Waals surface area (Å²) in [7, 11) is 1.88. The van der Waals surface area contributed by atoms with Crippen molar-refractivity contribution < 1.29 is 0 Å². The molecule has 21 heavy (non-hydrogen) atoms. The molecule has 3 N–H and O–H groups in total. The summed E-state index contributed by atoms with van der Waals surface area (Å²) in [5.41, 5.74) is 2.86. The zero-order valence-corrected chi connectivity index (χ0v) is 13.0. The summed E-state index contributed by atoms with van der Waals surface area (Å²) in [6.07, 6.45) is 1.08. The molecule has 0 aliphatic carbocycles. The maximum atomic E-state index is 4.60. The average molecular weight is 286 g/mol. The van der Waals surface area contributed by atoms with E-state index in [2.05, 4.69) is 50.8 Å². The number of nitrogens with one attached hydrogen (secondary N) is 3. The minimum Gasteiger partial charge on any atom is -0.372 e. The van der Waals surface area contributed by atoms with Gasteiger partial charge in [-0.05, 0) is 38.8 Å². The van der Waals surface area contributed by atoms with Gasteiger partial charge in [0.1, 0.15) is 5.82 Å². The second-order valence-electron chi connectivity index (χ2n) is 5.81. The van der Waals surface area contributed by atoms with Crippen molar-refractivity contribution in [2.24, 2.45) is 0 Å². The molecule has 1 saturated heterocycles. The number of pyridine rings is 1. The molecule has 6 heteroatoms. The number of aromatic nitrogens is 3. The molecule has 2 atom stereocenters. The topological polar surface area (TPSA) is 74.8 Å². The minimum absolute atomic E-state index is 0.369. The summed E-state index contributed by atoms with van der Waals surface area (Å²) in [4.78, 5) is 13.7. The standard InChI is InChI=1S/C15H22N6/c1-8-5-10(3)18-14-12(8)13(16-4)20-15(21-14)19-11-6-9(2)17-7-11/h5,9,11,17H,6-7H2,1-4H3,(H2,16,18,19,20,21)/t9-,11-/m1/s1. The summed E-state index contributed by atoms with van der Waals surface area (Å²) >= 11 is 0. The van der Waals surface area contributed by atoms with E-state index in [0.717, 1.165) is 41.1 Å². The first-order valence-corrected chi connectivity index (χ1v) is 7.40. The predicted molar refractivity (Wildman–Crippen MR) is 85.8 cm³/mol. The van der Waals surface area contributed by atoms with Gasteiger partial charge in [0.25, 0.3) is 0 Å². The van der Waals surface area contributed by atoms with Crippen molar-refractivity contribution in [2.45, 2.75) is 39.3 Å². The fourth-order valence-electron chi connectivity index (χ4n) is 2.95. The van der Waals surface area contributed by atoms with E-state index >= 15 is 0 Å². The van der Waals surface area contributed by atoms with Gasteiger partial charge in [-0.15, -0.1) is 0 Å². The summed E-state index contributed by atoms with van der Waals surface area (Å²) in [5.74, 6) is 1.47. The van der Waals surface area contributed by atoms with Crippen LogP contribution in [0.3, 0.4) is 0 Å². The van der Waals surface area contributed by atoms with Crippen LogP contribution in [0.4, 0.5) is 11.8 Å². The molecular weight excluding hydrogens is 264 g/mol. The zero-order valence-electron chi connectivity index (χ0n) is 13.0. The number of aryl methyl sites for hydroxylation is 2. The number of hydrogen-bond acceptors (Lipinski definition) is 6. The van der Waals surface area contributed by atoms with Crippen molar-refractivity contribution in [3.8, 4) is 0 Å². The minimum atomic E-state index is 0.369. The van der Waals surface area contributed by atoms with Crippen LogP contribution in [0, 0.1) is 13.8 Å². The van der Waals surface area contributed by atoms with E-state index in [-0.39, 0.29) is 0 Å². The van der Waals surface area contributed by atoms with Crippen LogP contribution in [0.1, 0.15) is 24.6 Å². The molecule has 0 aromatic carbocycles. The van der Waals surface area contributed by atoms with Crippen LogP contribution in [0.2, 0.25) is 0 Å². The lowest BCUT2D eigenvalue weighted by Crippen LogP contribution is -2.24. The second kappa shape index (κ2) is 5.44. The molecule has 0 spiro atoms. The molecule has 112 valence electrons. The Morgan fingerprint density at radius 3 is 2.71 bits per heavy atom. The van der Waals surface area contributed by atoms with E-state index in [9.17, 15) is 0 Å².